The number of hydrogen-bond acceptors (Lipinski definition) is 8. The number of sulfonamides is 1. The van der Waals surface area contributed by atoms with E-state index >= 15 is 0 Å². The van der Waals surface area contributed by atoms with Crippen molar-refractivity contribution in [2.75, 3.05) is 34.8 Å². The van der Waals surface area contributed by atoms with Crippen LogP contribution in [0, 0.1) is 19.8 Å². The fourth-order valence-electron chi connectivity index (χ4n) is 5.08. The number of ether oxygens (including phenoxy) is 1. The number of carbonyl (C=O) groups excluding carboxylic acids is 1. The minimum Gasteiger partial charge on any atom is -0.358 e. The van der Waals surface area contributed by atoms with Gasteiger partial charge in [0.05, 0.1) is 35.2 Å². The van der Waals surface area contributed by atoms with E-state index in [-0.39, 0.29) is 18.1 Å². The minimum absolute atomic E-state index is 0.00530. The SMILES string of the molecule is Cc1cnn(-c2ccc(Nc3cc(NC(=O)C4CC4)nc4c3nc(C)n4C3CCCCO3)c(N(C)S(C)(=O)=O)c2)c1. The molecule has 1 unspecified atom stereocenters. The van der Waals surface area contributed by atoms with Crippen LogP contribution in [0.15, 0.2) is 36.7 Å². The van der Waals surface area contributed by atoms with Gasteiger partial charge in [0.15, 0.2) is 5.65 Å². The zero-order chi connectivity index (χ0) is 28.9. The largest absolute Gasteiger partial charge is 0.358 e. The Morgan fingerprint density at radius 1 is 1.10 bits per heavy atom. The first-order valence-electron chi connectivity index (χ1n) is 13.8. The Balaban J connectivity index is 1.47. The number of benzene rings is 1. The van der Waals surface area contributed by atoms with Crippen LogP contribution in [-0.4, -0.2) is 58.6 Å². The summed E-state index contributed by atoms with van der Waals surface area (Å²) in [5, 5.41) is 10.8. The van der Waals surface area contributed by atoms with Crippen LogP contribution in [0.4, 0.5) is 22.9 Å². The second kappa shape index (κ2) is 10.5. The van der Waals surface area contributed by atoms with Gasteiger partial charge in [-0.05, 0) is 69.7 Å². The molecule has 2 N–H and O–H groups in total. The predicted octanol–water partition coefficient (Wildman–Crippen LogP) is 4.42. The molecule has 216 valence electrons. The summed E-state index contributed by atoms with van der Waals surface area (Å²) in [6, 6.07) is 7.19. The lowest BCUT2D eigenvalue weighted by molar-refractivity contribution is -0.117. The Labute approximate surface area is 238 Å². The lowest BCUT2D eigenvalue weighted by atomic mass is 10.2. The predicted molar refractivity (Wildman–Crippen MR) is 157 cm³/mol. The van der Waals surface area contributed by atoms with E-state index in [0.29, 0.717) is 46.3 Å². The van der Waals surface area contributed by atoms with Crippen molar-refractivity contribution >= 4 is 50.0 Å². The first-order valence-corrected chi connectivity index (χ1v) is 15.6. The lowest BCUT2D eigenvalue weighted by Gasteiger charge is -2.25. The second-order valence-corrected chi connectivity index (χ2v) is 12.9. The van der Waals surface area contributed by atoms with Crippen LogP contribution in [0.1, 0.15) is 49.7 Å². The number of carbonyl (C=O) groups is 1. The molecule has 6 rings (SSSR count). The van der Waals surface area contributed by atoms with Gasteiger partial charge in [0.25, 0.3) is 0 Å². The highest BCUT2D eigenvalue weighted by Crippen LogP contribution is 2.37. The highest BCUT2D eigenvalue weighted by atomic mass is 32.2. The first-order chi connectivity index (χ1) is 19.6. The van der Waals surface area contributed by atoms with E-state index in [4.69, 9.17) is 14.7 Å². The topological polar surface area (TPSA) is 136 Å². The molecule has 12 nitrogen and oxygen atoms in total. The number of anilines is 4. The maximum absolute atomic E-state index is 12.7. The van der Waals surface area contributed by atoms with Gasteiger partial charge in [0, 0.05) is 31.8 Å². The highest BCUT2D eigenvalue weighted by Gasteiger charge is 2.31. The van der Waals surface area contributed by atoms with Crippen molar-refractivity contribution in [2.24, 2.45) is 5.92 Å². The van der Waals surface area contributed by atoms with Gasteiger partial charge in [-0.1, -0.05) is 0 Å². The van der Waals surface area contributed by atoms with E-state index in [2.05, 4.69) is 15.7 Å². The molecule has 1 amide bonds. The van der Waals surface area contributed by atoms with Crippen LogP contribution < -0.4 is 14.9 Å². The summed E-state index contributed by atoms with van der Waals surface area (Å²) < 4.78 is 36.3. The maximum atomic E-state index is 12.7. The molecule has 0 radical (unpaired) electrons. The summed E-state index contributed by atoms with van der Waals surface area (Å²) in [4.78, 5) is 22.3. The van der Waals surface area contributed by atoms with E-state index in [1.165, 1.54) is 11.4 Å². The van der Waals surface area contributed by atoms with Crippen molar-refractivity contribution in [3.63, 3.8) is 0 Å². The molecule has 1 atom stereocenters. The Hall–Kier alpha value is -3.97. The van der Waals surface area contributed by atoms with Crippen LogP contribution in [-0.2, 0) is 19.6 Å². The Bertz CT molecular complexity index is 1740. The molecule has 1 saturated heterocycles. The third-order valence-corrected chi connectivity index (χ3v) is 8.72. The van der Waals surface area contributed by atoms with Crippen LogP contribution >= 0.6 is 0 Å². The number of nitrogens with one attached hydrogen (secondary N) is 2. The smallest absolute Gasteiger partial charge is 0.232 e. The third-order valence-electron chi connectivity index (χ3n) is 7.53. The molecule has 41 heavy (non-hydrogen) atoms. The number of rotatable bonds is 8. The molecule has 0 spiro atoms. The molecule has 1 saturated carbocycles. The number of nitrogens with zero attached hydrogens (tertiary/aromatic N) is 6. The third kappa shape index (κ3) is 5.51. The van der Waals surface area contributed by atoms with Gasteiger partial charge >= 0.3 is 0 Å². The standard InChI is InChI=1S/C28H34N8O4S/c1-17-15-29-35(16-17)20-10-11-21(23(13-20)34(3)41(4,38)39)31-22-14-24(33-28(37)19-8-9-19)32-27-26(22)30-18(2)36(27)25-7-5-6-12-40-25/h10-11,13-16,19,25H,5-9,12H2,1-4H3,(H2,31,32,33,37). The van der Waals surface area contributed by atoms with Crippen molar-refractivity contribution in [1.29, 1.82) is 0 Å². The van der Waals surface area contributed by atoms with Gasteiger partial charge in [-0.2, -0.15) is 5.10 Å². The van der Waals surface area contributed by atoms with Crippen molar-refractivity contribution < 1.29 is 17.9 Å². The Morgan fingerprint density at radius 2 is 1.90 bits per heavy atom. The number of pyridine rings is 1. The number of aromatic nitrogens is 5. The average Bonchev–Trinajstić information content (AvgIpc) is 3.62. The van der Waals surface area contributed by atoms with Gasteiger partial charge in [0.1, 0.15) is 23.4 Å². The minimum atomic E-state index is -3.59. The molecule has 4 aromatic rings. The van der Waals surface area contributed by atoms with E-state index in [9.17, 15) is 13.2 Å². The van der Waals surface area contributed by atoms with Gasteiger partial charge in [-0.15, -0.1) is 0 Å². The van der Waals surface area contributed by atoms with E-state index in [1.807, 2.05) is 36.7 Å². The normalized spacial score (nSPS) is 17.5. The van der Waals surface area contributed by atoms with E-state index < -0.39 is 10.0 Å². The fraction of sp³-hybridized carbons (Fsp3) is 0.429. The van der Waals surface area contributed by atoms with Crippen molar-refractivity contribution in [3.05, 3.63) is 48.0 Å². The zero-order valence-electron chi connectivity index (χ0n) is 23.6. The fourth-order valence-corrected chi connectivity index (χ4v) is 5.59. The van der Waals surface area contributed by atoms with Crippen LogP contribution in [0.5, 0.6) is 0 Å². The summed E-state index contributed by atoms with van der Waals surface area (Å²) in [6.45, 7) is 4.52. The number of fused-ring (bicyclic) bond motifs is 1. The van der Waals surface area contributed by atoms with Crippen molar-refractivity contribution in [2.45, 2.75) is 52.2 Å². The van der Waals surface area contributed by atoms with Crippen LogP contribution in [0.2, 0.25) is 0 Å². The highest BCUT2D eigenvalue weighted by molar-refractivity contribution is 7.92. The summed E-state index contributed by atoms with van der Waals surface area (Å²) in [5.74, 6) is 1.09. The summed E-state index contributed by atoms with van der Waals surface area (Å²) in [6.07, 6.45) is 9.20. The molecule has 4 heterocycles. The Kier molecular flexibility index (Phi) is 6.94. The van der Waals surface area contributed by atoms with Crippen LogP contribution in [0.3, 0.4) is 0 Å². The van der Waals surface area contributed by atoms with E-state index in [0.717, 1.165) is 49.7 Å². The molecule has 2 aliphatic rings. The summed E-state index contributed by atoms with van der Waals surface area (Å²) in [5.41, 5.74) is 4.44. The Morgan fingerprint density at radius 3 is 2.56 bits per heavy atom. The van der Waals surface area contributed by atoms with Crippen LogP contribution in [0.25, 0.3) is 16.9 Å². The molecule has 1 aliphatic carbocycles. The number of imidazole rings is 1. The molecule has 2 fully saturated rings. The van der Waals surface area contributed by atoms with Gasteiger partial charge in [-0.25, -0.2) is 23.1 Å². The molecular weight excluding hydrogens is 544 g/mol. The summed E-state index contributed by atoms with van der Waals surface area (Å²) in [7, 11) is -2.08. The van der Waals surface area contributed by atoms with Gasteiger partial charge in [0.2, 0.25) is 15.9 Å². The maximum Gasteiger partial charge on any atom is 0.232 e. The molecule has 1 aliphatic heterocycles. The number of aryl methyl sites for hydroxylation is 2. The summed E-state index contributed by atoms with van der Waals surface area (Å²) >= 11 is 0. The number of hydrogen-bond donors (Lipinski definition) is 2. The zero-order valence-corrected chi connectivity index (χ0v) is 24.4. The number of amides is 1. The van der Waals surface area contributed by atoms with Crippen molar-refractivity contribution in [1.82, 2.24) is 24.3 Å². The van der Waals surface area contributed by atoms with E-state index in [1.54, 1.807) is 23.0 Å². The second-order valence-electron chi connectivity index (χ2n) is 10.9. The van der Waals surface area contributed by atoms with Gasteiger partial charge < -0.3 is 15.4 Å². The van der Waals surface area contributed by atoms with Crippen molar-refractivity contribution in [3.8, 4) is 5.69 Å². The average molecular weight is 579 g/mol. The monoisotopic (exact) mass is 578 g/mol. The molecule has 13 heteroatoms. The molecule has 3 aromatic heterocycles. The molecular formula is C28H34N8O4S. The quantitative estimate of drug-likeness (QED) is 0.314. The lowest BCUT2D eigenvalue weighted by Crippen LogP contribution is -2.25. The molecule has 1 aromatic carbocycles. The molecule has 0 bridgehead atoms. The first kappa shape index (κ1) is 27.2. The van der Waals surface area contributed by atoms with Gasteiger partial charge in [-0.3, -0.25) is 13.7 Å².